The topological polar surface area (TPSA) is 46.5 Å². The van der Waals surface area contributed by atoms with Crippen LogP contribution in [0.3, 0.4) is 0 Å². The molecule has 0 radical (unpaired) electrons. The quantitative estimate of drug-likeness (QED) is 0.808. The molecule has 102 valence electrons. The smallest absolute Gasteiger partial charge is 0.199 e. The molecule has 2 aromatic carbocycles. The van der Waals surface area contributed by atoms with E-state index < -0.39 is 10.0 Å². The Bertz CT molecular complexity index is 744. The van der Waals surface area contributed by atoms with E-state index >= 15 is 0 Å². The first-order valence-corrected chi connectivity index (χ1v) is 7.55. The van der Waals surface area contributed by atoms with E-state index in [0.29, 0.717) is 0 Å². The highest BCUT2D eigenvalue weighted by Crippen LogP contribution is 2.14. The number of sulfonamides is 1. The van der Waals surface area contributed by atoms with Gasteiger partial charge in [0, 0.05) is 11.8 Å². The zero-order chi connectivity index (χ0) is 14.6. The molecular weight excluding hydrogens is 270 g/mol. The van der Waals surface area contributed by atoms with Crippen LogP contribution in [0.25, 0.3) is 6.08 Å². The van der Waals surface area contributed by atoms with Crippen molar-refractivity contribution < 1.29 is 8.42 Å². The molecule has 0 unspecified atom stereocenters. The minimum atomic E-state index is -3.67. The monoisotopic (exact) mass is 285 g/mol. The van der Waals surface area contributed by atoms with E-state index in [1.54, 1.807) is 36.4 Å². The average molecular weight is 285 g/mol. The van der Waals surface area contributed by atoms with Crippen LogP contribution in [0.4, 0.5) is 0 Å². The molecular formula is C16H15NO2S. The van der Waals surface area contributed by atoms with E-state index in [2.05, 4.69) is 11.0 Å². The SMILES string of the molecule is C=Cc1ccccc1/C=N/S(=O)(=O)c1ccc(C)cc1. The van der Waals surface area contributed by atoms with Crippen molar-refractivity contribution in [3.05, 3.63) is 71.8 Å². The van der Waals surface area contributed by atoms with Gasteiger partial charge in [-0.05, 0) is 24.6 Å². The van der Waals surface area contributed by atoms with Gasteiger partial charge in [0.25, 0.3) is 10.0 Å². The summed E-state index contributed by atoms with van der Waals surface area (Å²) in [6, 6.07) is 14.0. The third-order valence-corrected chi connectivity index (χ3v) is 4.12. The number of benzene rings is 2. The Morgan fingerprint density at radius 3 is 2.20 bits per heavy atom. The Kier molecular flexibility index (Phi) is 4.15. The zero-order valence-corrected chi connectivity index (χ0v) is 12.0. The molecule has 4 heteroatoms. The first-order chi connectivity index (χ1) is 9.53. The van der Waals surface area contributed by atoms with Crippen molar-refractivity contribution in [3.63, 3.8) is 0 Å². The second-order valence-electron chi connectivity index (χ2n) is 4.36. The molecule has 0 aromatic heterocycles. The number of hydrogen-bond acceptors (Lipinski definition) is 2. The molecule has 0 saturated heterocycles. The second-order valence-corrected chi connectivity index (χ2v) is 5.99. The van der Waals surface area contributed by atoms with Gasteiger partial charge in [-0.25, -0.2) is 0 Å². The van der Waals surface area contributed by atoms with Crippen LogP contribution in [-0.2, 0) is 10.0 Å². The van der Waals surface area contributed by atoms with Crippen molar-refractivity contribution in [3.8, 4) is 0 Å². The molecule has 2 rings (SSSR count). The van der Waals surface area contributed by atoms with E-state index in [0.717, 1.165) is 16.7 Å². The summed E-state index contributed by atoms with van der Waals surface area (Å²) in [5, 5.41) is 0. The van der Waals surface area contributed by atoms with Gasteiger partial charge in [-0.15, -0.1) is 0 Å². The largest absolute Gasteiger partial charge is 0.282 e. The van der Waals surface area contributed by atoms with Crippen LogP contribution < -0.4 is 0 Å². The van der Waals surface area contributed by atoms with Crippen LogP contribution in [0.15, 0.2) is 64.4 Å². The maximum Gasteiger partial charge on any atom is 0.282 e. The third-order valence-electron chi connectivity index (χ3n) is 2.87. The van der Waals surface area contributed by atoms with Gasteiger partial charge >= 0.3 is 0 Å². The lowest BCUT2D eigenvalue weighted by Crippen LogP contribution is -1.98. The maximum atomic E-state index is 12.1. The van der Waals surface area contributed by atoms with E-state index in [9.17, 15) is 8.42 Å². The molecule has 0 spiro atoms. The Labute approximate surface area is 119 Å². The average Bonchev–Trinajstić information content (AvgIpc) is 2.46. The van der Waals surface area contributed by atoms with Crippen LogP contribution in [0.2, 0.25) is 0 Å². The summed E-state index contributed by atoms with van der Waals surface area (Å²) in [5.41, 5.74) is 2.57. The summed E-state index contributed by atoms with van der Waals surface area (Å²) in [6.45, 7) is 5.60. The number of aryl methyl sites for hydroxylation is 1. The van der Waals surface area contributed by atoms with E-state index in [1.165, 1.54) is 6.21 Å². The summed E-state index contributed by atoms with van der Waals surface area (Å²) in [7, 11) is -3.67. The first kappa shape index (κ1) is 14.2. The molecule has 0 amide bonds. The Morgan fingerprint density at radius 2 is 1.60 bits per heavy atom. The zero-order valence-electron chi connectivity index (χ0n) is 11.2. The van der Waals surface area contributed by atoms with Crippen molar-refractivity contribution in [1.29, 1.82) is 0 Å². The molecule has 20 heavy (non-hydrogen) atoms. The molecule has 0 heterocycles. The number of hydrogen-bond donors (Lipinski definition) is 0. The lowest BCUT2D eigenvalue weighted by molar-refractivity contribution is 0.598. The fourth-order valence-corrected chi connectivity index (χ4v) is 2.57. The summed E-state index contributed by atoms with van der Waals surface area (Å²) in [4.78, 5) is 0.190. The predicted molar refractivity (Wildman–Crippen MR) is 82.5 cm³/mol. The van der Waals surface area contributed by atoms with Crippen LogP contribution >= 0.6 is 0 Å². The molecule has 0 bridgehead atoms. The third kappa shape index (κ3) is 3.22. The molecule has 0 aliphatic carbocycles. The van der Waals surface area contributed by atoms with Gasteiger partial charge in [0.1, 0.15) is 0 Å². The second kappa shape index (κ2) is 5.84. The van der Waals surface area contributed by atoms with Gasteiger partial charge in [-0.1, -0.05) is 54.6 Å². The molecule has 3 nitrogen and oxygen atoms in total. The van der Waals surface area contributed by atoms with E-state index in [4.69, 9.17) is 0 Å². The molecule has 2 aromatic rings. The molecule has 0 fully saturated rings. The minimum Gasteiger partial charge on any atom is -0.199 e. The fraction of sp³-hybridized carbons (Fsp3) is 0.0625. The van der Waals surface area contributed by atoms with Crippen molar-refractivity contribution in [1.82, 2.24) is 0 Å². The number of rotatable bonds is 4. The van der Waals surface area contributed by atoms with Crippen LogP contribution in [-0.4, -0.2) is 14.6 Å². The molecule has 0 aliphatic heterocycles. The lowest BCUT2D eigenvalue weighted by Gasteiger charge is -2.01. The normalized spacial score (nSPS) is 11.7. The minimum absolute atomic E-state index is 0.190. The lowest BCUT2D eigenvalue weighted by atomic mass is 10.1. The van der Waals surface area contributed by atoms with Crippen molar-refractivity contribution in [2.45, 2.75) is 11.8 Å². The molecule has 0 saturated carbocycles. The van der Waals surface area contributed by atoms with E-state index in [-0.39, 0.29) is 4.90 Å². The maximum absolute atomic E-state index is 12.1. The van der Waals surface area contributed by atoms with Crippen molar-refractivity contribution >= 4 is 22.3 Å². The first-order valence-electron chi connectivity index (χ1n) is 6.11. The fourth-order valence-electron chi connectivity index (χ4n) is 1.71. The molecule has 0 atom stereocenters. The van der Waals surface area contributed by atoms with Crippen LogP contribution in [0.5, 0.6) is 0 Å². The molecule has 0 N–H and O–H groups in total. The van der Waals surface area contributed by atoms with Crippen molar-refractivity contribution in [2.24, 2.45) is 4.40 Å². The van der Waals surface area contributed by atoms with Gasteiger partial charge in [0.05, 0.1) is 4.90 Å². The number of nitrogens with zero attached hydrogens (tertiary/aromatic N) is 1. The highest BCUT2D eigenvalue weighted by Gasteiger charge is 2.11. The van der Waals surface area contributed by atoms with Gasteiger partial charge in [0.15, 0.2) is 0 Å². The van der Waals surface area contributed by atoms with Gasteiger partial charge < -0.3 is 0 Å². The Morgan fingerprint density at radius 1 is 1.00 bits per heavy atom. The summed E-state index contributed by atoms with van der Waals surface area (Å²) >= 11 is 0. The van der Waals surface area contributed by atoms with Gasteiger partial charge in [-0.2, -0.15) is 12.8 Å². The summed E-state index contributed by atoms with van der Waals surface area (Å²) < 4.78 is 27.9. The predicted octanol–water partition coefficient (Wildman–Crippen LogP) is 3.45. The molecule has 0 aliphatic rings. The van der Waals surface area contributed by atoms with E-state index in [1.807, 2.05) is 25.1 Å². The highest BCUT2D eigenvalue weighted by molar-refractivity contribution is 7.90. The standard InChI is InChI=1S/C16H15NO2S/c1-3-14-6-4-5-7-15(14)12-17-20(18,19)16-10-8-13(2)9-11-16/h3-12H,1H2,2H3/b17-12+. The summed E-state index contributed by atoms with van der Waals surface area (Å²) in [6.07, 6.45) is 3.02. The Balaban J connectivity index is 2.35. The van der Waals surface area contributed by atoms with Crippen molar-refractivity contribution in [2.75, 3.05) is 0 Å². The highest BCUT2D eigenvalue weighted by atomic mass is 32.2. The van der Waals surface area contributed by atoms with Crippen LogP contribution in [0, 0.1) is 6.92 Å². The van der Waals surface area contributed by atoms with Gasteiger partial charge in [-0.3, -0.25) is 0 Å². The Hall–Kier alpha value is -2.20. The van der Waals surface area contributed by atoms with Gasteiger partial charge in [0.2, 0.25) is 0 Å². The summed E-state index contributed by atoms with van der Waals surface area (Å²) in [5.74, 6) is 0. The van der Waals surface area contributed by atoms with Crippen LogP contribution in [0.1, 0.15) is 16.7 Å².